The normalized spacial score (nSPS) is 30.9. The molecule has 1 rings (SSSR count). The van der Waals surface area contributed by atoms with Gasteiger partial charge in [0, 0.05) is 12.1 Å². The van der Waals surface area contributed by atoms with Crippen LogP contribution >= 0.6 is 0 Å². The molecule has 0 aromatic heterocycles. The van der Waals surface area contributed by atoms with Gasteiger partial charge in [-0.15, -0.1) is 0 Å². The number of aliphatic hydroxyl groups is 1. The molecule has 4 atom stereocenters. The summed E-state index contributed by atoms with van der Waals surface area (Å²) < 4.78 is 0. The molecular weight excluding hydrogens is 234 g/mol. The molecule has 0 aromatic rings. The molecule has 0 aliphatic heterocycles. The van der Waals surface area contributed by atoms with Gasteiger partial charge in [-0.25, -0.2) is 0 Å². The monoisotopic (exact) mass is 269 g/mol. The number of nitrogens with zero attached hydrogens (tertiary/aromatic N) is 1. The first kappa shape index (κ1) is 17.0. The van der Waals surface area contributed by atoms with Gasteiger partial charge in [0.05, 0.1) is 6.10 Å². The van der Waals surface area contributed by atoms with Crippen LogP contribution in [-0.2, 0) is 0 Å². The molecule has 0 spiro atoms. The largest absolute Gasteiger partial charge is 0.391 e. The highest BCUT2D eigenvalue weighted by atomic mass is 16.3. The molecule has 2 nitrogen and oxygen atoms in total. The summed E-state index contributed by atoms with van der Waals surface area (Å²) in [4.78, 5) is 2.43. The zero-order valence-corrected chi connectivity index (χ0v) is 14.1. The third-order valence-electron chi connectivity index (χ3n) is 5.04. The maximum atomic E-state index is 10.4. The van der Waals surface area contributed by atoms with E-state index < -0.39 is 0 Å². The summed E-state index contributed by atoms with van der Waals surface area (Å²) in [7, 11) is 2.20. The average Bonchev–Trinajstić information content (AvgIpc) is 2.26. The summed E-state index contributed by atoms with van der Waals surface area (Å²) in [6.07, 6.45) is 4.35. The SMILES string of the molecule is CC(C)CC(C)N(C)C1CC(C(C)(C)C)CCC1O. The van der Waals surface area contributed by atoms with Gasteiger partial charge in [0.25, 0.3) is 0 Å². The molecule has 1 N–H and O–H groups in total. The Bertz CT molecular complexity index is 269. The van der Waals surface area contributed by atoms with Gasteiger partial charge in [0.2, 0.25) is 0 Å². The first-order valence-electron chi connectivity index (χ1n) is 8.03. The second-order valence-electron chi connectivity index (χ2n) is 8.15. The molecule has 1 aliphatic rings. The van der Waals surface area contributed by atoms with Gasteiger partial charge in [-0.2, -0.15) is 0 Å². The average molecular weight is 269 g/mol. The van der Waals surface area contributed by atoms with Crippen molar-refractivity contribution < 1.29 is 5.11 Å². The van der Waals surface area contributed by atoms with E-state index in [1.54, 1.807) is 0 Å². The van der Waals surface area contributed by atoms with E-state index in [1.807, 2.05) is 0 Å². The number of hydrogen-bond donors (Lipinski definition) is 1. The minimum atomic E-state index is -0.141. The zero-order valence-electron chi connectivity index (χ0n) is 14.1. The molecular formula is C17H35NO. The van der Waals surface area contributed by atoms with Gasteiger partial charge < -0.3 is 5.11 Å². The molecule has 0 saturated heterocycles. The summed E-state index contributed by atoms with van der Waals surface area (Å²) in [5.41, 5.74) is 0.362. The van der Waals surface area contributed by atoms with Crippen LogP contribution in [-0.4, -0.2) is 35.2 Å². The van der Waals surface area contributed by atoms with E-state index in [2.05, 4.69) is 53.5 Å². The van der Waals surface area contributed by atoms with Crippen LogP contribution in [0.25, 0.3) is 0 Å². The van der Waals surface area contributed by atoms with Gasteiger partial charge in [-0.3, -0.25) is 4.90 Å². The van der Waals surface area contributed by atoms with E-state index in [9.17, 15) is 5.11 Å². The standard InChI is InChI=1S/C17H35NO/c1-12(2)10-13(3)18(7)15-11-14(17(4,5)6)8-9-16(15)19/h12-16,19H,8-11H2,1-7H3. The van der Waals surface area contributed by atoms with E-state index in [0.29, 0.717) is 17.5 Å². The van der Waals surface area contributed by atoms with Crippen LogP contribution < -0.4 is 0 Å². The second-order valence-corrected chi connectivity index (χ2v) is 8.15. The Balaban J connectivity index is 2.68. The van der Waals surface area contributed by atoms with Crippen LogP contribution in [0.2, 0.25) is 0 Å². The predicted molar refractivity (Wildman–Crippen MR) is 83.3 cm³/mol. The minimum absolute atomic E-state index is 0.141. The maximum Gasteiger partial charge on any atom is 0.0695 e. The molecule has 0 radical (unpaired) electrons. The lowest BCUT2D eigenvalue weighted by Crippen LogP contribution is -2.50. The van der Waals surface area contributed by atoms with Crippen molar-refractivity contribution in [1.82, 2.24) is 4.90 Å². The smallest absolute Gasteiger partial charge is 0.0695 e. The van der Waals surface area contributed by atoms with Crippen molar-refractivity contribution in [1.29, 1.82) is 0 Å². The van der Waals surface area contributed by atoms with Crippen molar-refractivity contribution in [2.75, 3.05) is 7.05 Å². The van der Waals surface area contributed by atoms with Gasteiger partial charge in [0.1, 0.15) is 0 Å². The molecule has 1 fully saturated rings. The van der Waals surface area contributed by atoms with Crippen molar-refractivity contribution in [3.8, 4) is 0 Å². The van der Waals surface area contributed by atoms with E-state index in [4.69, 9.17) is 0 Å². The van der Waals surface area contributed by atoms with Crippen LogP contribution in [0.15, 0.2) is 0 Å². The number of aliphatic hydroxyl groups excluding tert-OH is 1. The van der Waals surface area contributed by atoms with Crippen LogP contribution in [0.5, 0.6) is 0 Å². The minimum Gasteiger partial charge on any atom is -0.391 e. The Morgan fingerprint density at radius 2 is 1.74 bits per heavy atom. The van der Waals surface area contributed by atoms with Crippen LogP contribution in [0.3, 0.4) is 0 Å². The Kier molecular flexibility index (Phi) is 5.88. The van der Waals surface area contributed by atoms with Crippen LogP contribution in [0, 0.1) is 17.3 Å². The highest BCUT2D eigenvalue weighted by Gasteiger charge is 2.37. The van der Waals surface area contributed by atoms with Crippen molar-refractivity contribution in [2.24, 2.45) is 17.3 Å². The van der Waals surface area contributed by atoms with Crippen LogP contribution in [0.4, 0.5) is 0 Å². The Morgan fingerprint density at radius 1 is 1.16 bits per heavy atom. The molecule has 4 unspecified atom stereocenters. The van der Waals surface area contributed by atoms with E-state index in [-0.39, 0.29) is 6.10 Å². The van der Waals surface area contributed by atoms with Crippen molar-refractivity contribution in [3.63, 3.8) is 0 Å². The molecule has 0 heterocycles. The van der Waals surface area contributed by atoms with Gasteiger partial charge >= 0.3 is 0 Å². The maximum absolute atomic E-state index is 10.4. The predicted octanol–water partition coefficient (Wildman–Crippen LogP) is 3.93. The third kappa shape index (κ3) is 4.75. The molecule has 0 amide bonds. The van der Waals surface area contributed by atoms with E-state index in [0.717, 1.165) is 24.7 Å². The highest BCUT2D eigenvalue weighted by Crippen LogP contribution is 2.39. The fraction of sp³-hybridized carbons (Fsp3) is 1.00. The van der Waals surface area contributed by atoms with Crippen molar-refractivity contribution in [3.05, 3.63) is 0 Å². The second kappa shape index (κ2) is 6.58. The van der Waals surface area contributed by atoms with Gasteiger partial charge in [0.15, 0.2) is 0 Å². The molecule has 1 saturated carbocycles. The van der Waals surface area contributed by atoms with Crippen LogP contribution in [0.1, 0.15) is 67.2 Å². The number of hydrogen-bond acceptors (Lipinski definition) is 2. The summed E-state index contributed by atoms with van der Waals surface area (Å²) in [6.45, 7) is 13.9. The highest BCUT2D eigenvalue weighted by molar-refractivity contribution is 4.91. The summed E-state index contributed by atoms with van der Waals surface area (Å²) in [6, 6.07) is 0.894. The molecule has 0 aromatic carbocycles. The molecule has 2 heteroatoms. The summed E-state index contributed by atoms with van der Waals surface area (Å²) in [5, 5.41) is 10.4. The molecule has 1 aliphatic carbocycles. The molecule has 19 heavy (non-hydrogen) atoms. The summed E-state index contributed by atoms with van der Waals surface area (Å²) in [5.74, 6) is 1.45. The fourth-order valence-electron chi connectivity index (χ4n) is 3.53. The first-order chi connectivity index (χ1) is 8.62. The number of likely N-dealkylation sites (N-methyl/N-ethyl adjacent to an activating group) is 1. The Hall–Kier alpha value is -0.0800. The summed E-state index contributed by atoms with van der Waals surface area (Å²) >= 11 is 0. The Morgan fingerprint density at radius 3 is 2.21 bits per heavy atom. The van der Waals surface area contributed by atoms with Crippen molar-refractivity contribution >= 4 is 0 Å². The van der Waals surface area contributed by atoms with Gasteiger partial charge in [-0.1, -0.05) is 34.6 Å². The first-order valence-corrected chi connectivity index (χ1v) is 8.03. The van der Waals surface area contributed by atoms with Crippen molar-refractivity contribution in [2.45, 2.75) is 85.4 Å². The van der Waals surface area contributed by atoms with E-state index >= 15 is 0 Å². The van der Waals surface area contributed by atoms with E-state index in [1.165, 1.54) is 12.8 Å². The van der Waals surface area contributed by atoms with Gasteiger partial charge in [-0.05, 0) is 56.9 Å². The fourth-order valence-corrected chi connectivity index (χ4v) is 3.53. The third-order valence-corrected chi connectivity index (χ3v) is 5.04. The quantitative estimate of drug-likeness (QED) is 0.836. The zero-order chi connectivity index (χ0) is 14.8. The lowest BCUT2D eigenvalue weighted by molar-refractivity contribution is -0.0224. The lowest BCUT2D eigenvalue weighted by Gasteiger charge is -2.45. The molecule has 0 bridgehead atoms. The topological polar surface area (TPSA) is 23.5 Å². The number of rotatable bonds is 4. The Labute approximate surface area is 120 Å². The lowest BCUT2D eigenvalue weighted by atomic mass is 9.70. The molecule has 114 valence electrons.